The van der Waals surface area contributed by atoms with E-state index in [-0.39, 0.29) is 12.6 Å². The van der Waals surface area contributed by atoms with E-state index in [1.54, 1.807) is 46.8 Å². The molecule has 0 spiro atoms. The third-order valence-electron chi connectivity index (χ3n) is 3.61. The quantitative estimate of drug-likeness (QED) is 0.586. The summed E-state index contributed by atoms with van der Waals surface area (Å²) in [6, 6.07) is 0. The van der Waals surface area contributed by atoms with E-state index in [1.807, 2.05) is 6.92 Å². The minimum atomic E-state index is -1.61. The van der Waals surface area contributed by atoms with Gasteiger partial charge in [-0.2, -0.15) is 0 Å². The van der Waals surface area contributed by atoms with Gasteiger partial charge in [0.2, 0.25) is 0 Å². The predicted octanol–water partition coefficient (Wildman–Crippen LogP) is 3.20. The van der Waals surface area contributed by atoms with Crippen molar-refractivity contribution in [2.24, 2.45) is 0 Å². The molecule has 1 rings (SSSR count). The average molecular weight is 353 g/mol. The molecule has 1 aliphatic rings. The largest absolute Gasteiger partial charge is 0.461 e. The number of nitrogens with zero attached hydrogens (tertiary/aromatic N) is 1. The van der Waals surface area contributed by atoms with E-state index in [9.17, 15) is 14.7 Å². The lowest BCUT2D eigenvalue weighted by atomic mass is 9.91. The molecule has 1 unspecified atom stereocenters. The zero-order valence-corrected chi connectivity index (χ0v) is 16.1. The summed E-state index contributed by atoms with van der Waals surface area (Å²) in [5.41, 5.74) is -2.33. The number of carbonyl (C=O) groups is 2. The summed E-state index contributed by atoms with van der Waals surface area (Å²) >= 11 is 0. The van der Waals surface area contributed by atoms with Gasteiger partial charge in [-0.15, -0.1) is 0 Å². The van der Waals surface area contributed by atoms with Gasteiger partial charge in [0, 0.05) is 6.54 Å². The fourth-order valence-corrected chi connectivity index (χ4v) is 2.53. The van der Waals surface area contributed by atoms with Crippen LogP contribution in [0.15, 0.2) is 24.3 Å². The van der Waals surface area contributed by atoms with Gasteiger partial charge < -0.3 is 14.6 Å². The number of amides is 1. The minimum absolute atomic E-state index is 0.167. The Bertz CT molecular complexity index is 532. The second-order valence-corrected chi connectivity index (χ2v) is 7.43. The first-order chi connectivity index (χ1) is 11.5. The molecule has 1 N–H and O–H groups in total. The summed E-state index contributed by atoms with van der Waals surface area (Å²) < 4.78 is 10.8. The van der Waals surface area contributed by atoms with Crippen LogP contribution < -0.4 is 0 Å². The van der Waals surface area contributed by atoms with Gasteiger partial charge in [0.15, 0.2) is 5.54 Å². The number of carbonyl (C=O) groups excluding carboxylic acids is 2. The van der Waals surface area contributed by atoms with Crippen LogP contribution in [0.1, 0.15) is 54.4 Å². The lowest BCUT2D eigenvalue weighted by Crippen LogP contribution is -2.61. The maximum absolute atomic E-state index is 12.8. The standard InChI is InChI=1S/C19H31NO5/c1-7-8-9-11-15(21)19(16(22)24-14(2)3)12-10-13-20(19)17(23)25-18(4,5)6/h9-12,14-15,21H,7-8,13H2,1-6H3/b11-9-/t15-,19?/m0/s1. The number of aliphatic hydroxyl groups is 1. The number of ether oxygens (including phenoxy) is 2. The Labute approximate surface area is 150 Å². The number of hydrogen-bond acceptors (Lipinski definition) is 5. The van der Waals surface area contributed by atoms with Crippen LogP contribution in [0.5, 0.6) is 0 Å². The molecule has 1 aliphatic heterocycles. The van der Waals surface area contributed by atoms with E-state index in [2.05, 4.69) is 0 Å². The molecule has 0 radical (unpaired) electrons. The van der Waals surface area contributed by atoms with Crippen LogP contribution in [0.3, 0.4) is 0 Å². The minimum Gasteiger partial charge on any atom is -0.461 e. The molecule has 2 atom stereocenters. The number of esters is 1. The Hall–Kier alpha value is -1.82. The molecule has 6 nitrogen and oxygen atoms in total. The number of unbranched alkanes of at least 4 members (excludes halogenated alkanes) is 1. The third-order valence-corrected chi connectivity index (χ3v) is 3.61. The average Bonchev–Trinajstić information content (AvgIpc) is 2.90. The van der Waals surface area contributed by atoms with Crippen molar-refractivity contribution >= 4 is 12.1 Å². The monoisotopic (exact) mass is 353 g/mol. The molecular formula is C19H31NO5. The first-order valence-corrected chi connectivity index (χ1v) is 8.78. The number of aliphatic hydroxyl groups excluding tert-OH is 1. The fourth-order valence-electron chi connectivity index (χ4n) is 2.53. The topological polar surface area (TPSA) is 76.1 Å². The molecule has 0 saturated carbocycles. The zero-order chi connectivity index (χ0) is 19.3. The Morgan fingerprint density at radius 3 is 2.52 bits per heavy atom. The first kappa shape index (κ1) is 21.2. The van der Waals surface area contributed by atoms with E-state index < -0.39 is 29.3 Å². The molecule has 0 aromatic rings. The van der Waals surface area contributed by atoms with E-state index in [0.717, 1.165) is 12.8 Å². The van der Waals surface area contributed by atoms with Crippen LogP contribution in [0.2, 0.25) is 0 Å². The van der Waals surface area contributed by atoms with Crippen LogP contribution in [0.4, 0.5) is 4.79 Å². The molecule has 0 aromatic heterocycles. The molecular weight excluding hydrogens is 322 g/mol. The fraction of sp³-hybridized carbons (Fsp3) is 0.684. The van der Waals surface area contributed by atoms with Crippen molar-refractivity contribution in [2.45, 2.75) is 77.7 Å². The molecule has 0 aromatic carbocycles. The highest BCUT2D eigenvalue weighted by Gasteiger charge is 2.54. The SMILES string of the molecule is CCC/C=C\[C@H](O)C1(C(=O)OC(C)C)C=CCN1C(=O)OC(C)(C)C. The molecule has 0 aliphatic carbocycles. The smallest absolute Gasteiger partial charge is 0.411 e. The lowest BCUT2D eigenvalue weighted by molar-refractivity contribution is -0.162. The van der Waals surface area contributed by atoms with Crippen LogP contribution in [0, 0.1) is 0 Å². The summed E-state index contributed by atoms with van der Waals surface area (Å²) in [5, 5.41) is 10.7. The zero-order valence-electron chi connectivity index (χ0n) is 16.1. The Morgan fingerprint density at radius 2 is 2.00 bits per heavy atom. The summed E-state index contributed by atoms with van der Waals surface area (Å²) in [5.74, 6) is -0.671. The van der Waals surface area contributed by atoms with Gasteiger partial charge in [0.05, 0.1) is 6.10 Å². The molecule has 0 bridgehead atoms. The van der Waals surface area contributed by atoms with E-state index in [1.165, 1.54) is 17.1 Å². The number of rotatable bonds is 6. The predicted molar refractivity (Wildman–Crippen MR) is 96.1 cm³/mol. The van der Waals surface area contributed by atoms with Crippen molar-refractivity contribution < 1.29 is 24.2 Å². The van der Waals surface area contributed by atoms with Gasteiger partial charge in [-0.3, -0.25) is 4.90 Å². The van der Waals surface area contributed by atoms with Gasteiger partial charge in [-0.1, -0.05) is 31.6 Å². The van der Waals surface area contributed by atoms with Crippen molar-refractivity contribution in [3.63, 3.8) is 0 Å². The molecule has 6 heteroatoms. The Morgan fingerprint density at radius 1 is 1.36 bits per heavy atom. The second-order valence-electron chi connectivity index (χ2n) is 7.43. The maximum Gasteiger partial charge on any atom is 0.411 e. The van der Waals surface area contributed by atoms with Gasteiger partial charge >= 0.3 is 12.1 Å². The van der Waals surface area contributed by atoms with Crippen LogP contribution in [0.25, 0.3) is 0 Å². The van der Waals surface area contributed by atoms with Crippen molar-refractivity contribution in [3.05, 3.63) is 24.3 Å². The highest BCUT2D eigenvalue weighted by molar-refractivity contribution is 5.90. The van der Waals surface area contributed by atoms with Crippen LogP contribution in [-0.2, 0) is 14.3 Å². The maximum atomic E-state index is 12.8. The Kier molecular flexibility index (Phi) is 7.23. The lowest BCUT2D eigenvalue weighted by Gasteiger charge is -2.39. The third kappa shape index (κ3) is 5.33. The summed E-state index contributed by atoms with van der Waals surface area (Å²) in [6.45, 7) is 10.9. The molecule has 142 valence electrons. The molecule has 1 heterocycles. The van der Waals surface area contributed by atoms with Crippen molar-refractivity contribution in [3.8, 4) is 0 Å². The van der Waals surface area contributed by atoms with E-state index in [0.29, 0.717) is 0 Å². The molecule has 0 saturated heterocycles. The summed E-state index contributed by atoms with van der Waals surface area (Å²) in [7, 11) is 0. The molecule has 25 heavy (non-hydrogen) atoms. The Balaban J connectivity index is 3.21. The second kappa shape index (κ2) is 8.52. The van der Waals surface area contributed by atoms with Gasteiger partial charge in [0.1, 0.15) is 11.7 Å². The molecule has 1 amide bonds. The van der Waals surface area contributed by atoms with Crippen LogP contribution in [-0.4, -0.2) is 52.0 Å². The van der Waals surface area contributed by atoms with E-state index in [4.69, 9.17) is 9.47 Å². The van der Waals surface area contributed by atoms with Crippen molar-refractivity contribution in [2.75, 3.05) is 6.54 Å². The first-order valence-electron chi connectivity index (χ1n) is 8.78. The van der Waals surface area contributed by atoms with Crippen molar-refractivity contribution in [1.82, 2.24) is 4.90 Å². The highest BCUT2D eigenvalue weighted by Crippen LogP contribution is 2.32. The summed E-state index contributed by atoms with van der Waals surface area (Å²) in [4.78, 5) is 26.7. The van der Waals surface area contributed by atoms with Gasteiger partial charge in [0.25, 0.3) is 0 Å². The summed E-state index contributed by atoms with van der Waals surface area (Å²) in [6.07, 6.45) is 5.96. The number of hydrogen-bond donors (Lipinski definition) is 1. The van der Waals surface area contributed by atoms with E-state index >= 15 is 0 Å². The normalized spacial score (nSPS) is 21.8. The van der Waals surface area contributed by atoms with Crippen molar-refractivity contribution in [1.29, 1.82) is 0 Å². The molecule has 0 fully saturated rings. The highest BCUT2D eigenvalue weighted by atomic mass is 16.6. The van der Waals surface area contributed by atoms with Gasteiger partial charge in [-0.25, -0.2) is 9.59 Å². The van der Waals surface area contributed by atoms with Crippen LogP contribution >= 0.6 is 0 Å². The number of allylic oxidation sites excluding steroid dienone is 1. The van der Waals surface area contributed by atoms with Gasteiger partial charge in [-0.05, 0) is 47.1 Å².